The van der Waals surface area contributed by atoms with E-state index in [4.69, 9.17) is 0 Å². The number of hydrogen-bond acceptors (Lipinski definition) is 2. The summed E-state index contributed by atoms with van der Waals surface area (Å²) in [5.41, 5.74) is 2.73. The molecule has 2 rings (SSSR count). The van der Waals surface area contributed by atoms with Gasteiger partial charge in [0.2, 0.25) is 5.91 Å². The van der Waals surface area contributed by atoms with Crippen molar-refractivity contribution in [3.05, 3.63) is 65.7 Å². The van der Waals surface area contributed by atoms with Gasteiger partial charge in [-0.25, -0.2) is 4.79 Å². The average Bonchev–Trinajstić information content (AvgIpc) is 2.60. The van der Waals surface area contributed by atoms with Crippen molar-refractivity contribution in [2.75, 3.05) is 12.4 Å². The van der Waals surface area contributed by atoms with Gasteiger partial charge in [0.05, 0.1) is 12.1 Å². The van der Waals surface area contributed by atoms with E-state index in [1.54, 1.807) is 11.9 Å². The SMILES string of the molecule is CC(=O)Nc1cccc([C@@H](C)NC(=O)N(C)[C@@H](C)c2ccccc2)c1. The molecular weight excluding hydrogens is 314 g/mol. The topological polar surface area (TPSA) is 61.4 Å². The highest BCUT2D eigenvalue weighted by Gasteiger charge is 2.19. The molecule has 2 atom stereocenters. The molecular formula is C20H25N3O2. The van der Waals surface area contributed by atoms with Crippen LogP contribution in [0.2, 0.25) is 0 Å². The van der Waals surface area contributed by atoms with Crippen LogP contribution in [-0.4, -0.2) is 23.9 Å². The van der Waals surface area contributed by atoms with Crippen LogP contribution in [0.25, 0.3) is 0 Å². The van der Waals surface area contributed by atoms with Crippen LogP contribution in [0.3, 0.4) is 0 Å². The van der Waals surface area contributed by atoms with Gasteiger partial charge in [-0.3, -0.25) is 4.79 Å². The van der Waals surface area contributed by atoms with Crippen LogP contribution in [0, 0.1) is 0 Å². The lowest BCUT2D eigenvalue weighted by atomic mass is 10.1. The zero-order valence-electron chi connectivity index (χ0n) is 15.1. The van der Waals surface area contributed by atoms with Crippen molar-refractivity contribution in [3.8, 4) is 0 Å². The van der Waals surface area contributed by atoms with Gasteiger partial charge in [0.1, 0.15) is 0 Å². The van der Waals surface area contributed by atoms with Crippen molar-refractivity contribution < 1.29 is 9.59 Å². The first-order chi connectivity index (χ1) is 11.9. The molecule has 2 aromatic rings. The third-order valence-electron chi connectivity index (χ3n) is 4.23. The highest BCUT2D eigenvalue weighted by molar-refractivity contribution is 5.88. The maximum absolute atomic E-state index is 12.5. The lowest BCUT2D eigenvalue weighted by molar-refractivity contribution is -0.114. The van der Waals surface area contributed by atoms with Crippen LogP contribution in [0.5, 0.6) is 0 Å². The Kier molecular flexibility index (Phi) is 6.17. The Morgan fingerprint density at radius 2 is 1.60 bits per heavy atom. The minimum Gasteiger partial charge on any atom is -0.331 e. The average molecular weight is 339 g/mol. The molecule has 2 aromatic carbocycles. The molecule has 2 N–H and O–H groups in total. The fraction of sp³-hybridized carbons (Fsp3) is 0.300. The van der Waals surface area contributed by atoms with Crippen LogP contribution >= 0.6 is 0 Å². The number of carbonyl (C=O) groups excluding carboxylic acids is 2. The highest BCUT2D eigenvalue weighted by Crippen LogP contribution is 2.21. The predicted octanol–water partition coefficient (Wildman–Crippen LogP) is 4.11. The van der Waals surface area contributed by atoms with Crippen molar-refractivity contribution >= 4 is 17.6 Å². The highest BCUT2D eigenvalue weighted by atomic mass is 16.2. The molecule has 132 valence electrons. The Bertz CT molecular complexity index is 731. The lowest BCUT2D eigenvalue weighted by Gasteiger charge is -2.27. The standard InChI is InChI=1S/C20H25N3O2/c1-14(18-11-8-12-19(13-18)22-16(3)24)21-20(25)23(4)15(2)17-9-6-5-7-10-17/h5-15H,1-4H3,(H,21,25)(H,22,24)/t14-,15+/m1/s1. The third kappa shape index (κ3) is 5.08. The summed E-state index contributed by atoms with van der Waals surface area (Å²) in [6.07, 6.45) is 0. The first-order valence-corrected chi connectivity index (χ1v) is 8.34. The molecule has 0 aromatic heterocycles. The summed E-state index contributed by atoms with van der Waals surface area (Å²) in [6.45, 7) is 5.39. The Labute approximate surface area is 149 Å². The molecule has 3 amide bonds. The van der Waals surface area contributed by atoms with E-state index in [0.29, 0.717) is 0 Å². The number of benzene rings is 2. The number of anilines is 1. The van der Waals surface area contributed by atoms with Gasteiger partial charge in [-0.15, -0.1) is 0 Å². The van der Waals surface area contributed by atoms with E-state index >= 15 is 0 Å². The minimum atomic E-state index is -0.174. The van der Waals surface area contributed by atoms with Crippen molar-refractivity contribution in [3.63, 3.8) is 0 Å². The van der Waals surface area contributed by atoms with Gasteiger partial charge in [0.15, 0.2) is 0 Å². The second-order valence-electron chi connectivity index (χ2n) is 6.18. The number of nitrogens with zero attached hydrogens (tertiary/aromatic N) is 1. The van der Waals surface area contributed by atoms with Gasteiger partial charge in [0.25, 0.3) is 0 Å². The molecule has 0 saturated carbocycles. The fourth-order valence-corrected chi connectivity index (χ4v) is 2.59. The summed E-state index contributed by atoms with van der Waals surface area (Å²) in [5.74, 6) is -0.120. The van der Waals surface area contributed by atoms with Crippen LogP contribution < -0.4 is 10.6 Å². The Morgan fingerprint density at radius 3 is 2.24 bits per heavy atom. The van der Waals surface area contributed by atoms with E-state index in [1.165, 1.54) is 6.92 Å². The molecule has 5 heteroatoms. The van der Waals surface area contributed by atoms with E-state index in [-0.39, 0.29) is 24.0 Å². The maximum atomic E-state index is 12.5. The van der Waals surface area contributed by atoms with E-state index < -0.39 is 0 Å². The molecule has 0 radical (unpaired) electrons. The first kappa shape index (κ1) is 18.5. The Hall–Kier alpha value is -2.82. The molecule has 0 unspecified atom stereocenters. The van der Waals surface area contributed by atoms with Crippen LogP contribution in [-0.2, 0) is 4.79 Å². The number of hydrogen-bond donors (Lipinski definition) is 2. The molecule has 25 heavy (non-hydrogen) atoms. The van der Waals surface area contributed by atoms with E-state index in [0.717, 1.165) is 16.8 Å². The molecule has 0 aliphatic heterocycles. The Morgan fingerprint density at radius 1 is 0.960 bits per heavy atom. The van der Waals surface area contributed by atoms with Gasteiger partial charge in [-0.1, -0.05) is 42.5 Å². The normalized spacial score (nSPS) is 12.8. The number of urea groups is 1. The first-order valence-electron chi connectivity index (χ1n) is 8.34. The number of nitrogens with one attached hydrogen (secondary N) is 2. The summed E-state index contributed by atoms with van der Waals surface area (Å²) >= 11 is 0. The monoisotopic (exact) mass is 339 g/mol. The predicted molar refractivity (Wildman–Crippen MR) is 100 cm³/mol. The maximum Gasteiger partial charge on any atom is 0.318 e. The molecule has 0 aliphatic carbocycles. The molecule has 0 saturated heterocycles. The summed E-state index contributed by atoms with van der Waals surface area (Å²) in [7, 11) is 1.79. The van der Waals surface area contributed by atoms with Crippen molar-refractivity contribution in [1.29, 1.82) is 0 Å². The summed E-state index contributed by atoms with van der Waals surface area (Å²) in [6, 6.07) is 17.0. The van der Waals surface area contributed by atoms with Gasteiger partial charge < -0.3 is 15.5 Å². The van der Waals surface area contributed by atoms with Gasteiger partial charge in [-0.2, -0.15) is 0 Å². The summed E-state index contributed by atoms with van der Waals surface area (Å²) in [4.78, 5) is 25.4. The van der Waals surface area contributed by atoms with Crippen LogP contribution in [0.15, 0.2) is 54.6 Å². The van der Waals surface area contributed by atoms with Gasteiger partial charge >= 0.3 is 6.03 Å². The van der Waals surface area contributed by atoms with Crippen LogP contribution in [0.1, 0.15) is 44.0 Å². The number of carbonyl (C=O) groups is 2. The summed E-state index contributed by atoms with van der Waals surface area (Å²) in [5, 5.41) is 5.76. The van der Waals surface area contributed by atoms with E-state index in [2.05, 4.69) is 10.6 Å². The van der Waals surface area contributed by atoms with Crippen molar-refractivity contribution in [2.24, 2.45) is 0 Å². The second-order valence-corrected chi connectivity index (χ2v) is 6.18. The van der Waals surface area contributed by atoms with Crippen molar-refractivity contribution in [2.45, 2.75) is 32.9 Å². The molecule has 0 fully saturated rings. The molecule has 5 nitrogen and oxygen atoms in total. The smallest absolute Gasteiger partial charge is 0.318 e. The quantitative estimate of drug-likeness (QED) is 0.861. The molecule has 0 spiro atoms. The molecule has 0 heterocycles. The lowest BCUT2D eigenvalue weighted by Crippen LogP contribution is -2.39. The van der Waals surface area contributed by atoms with Crippen molar-refractivity contribution in [1.82, 2.24) is 10.2 Å². The van der Waals surface area contributed by atoms with Gasteiger partial charge in [0, 0.05) is 19.7 Å². The zero-order valence-corrected chi connectivity index (χ0v) is 15.1. The van der Waals surface area contributed by atoms with E-state index in [1.807, 2.05) is 68.4 Å². The molecule has 0 aliphatic rings. The van der Waals surface area contributed by atoms with Crippen LogP contribution in [0.4, 0.5) is 10.5 Å². The Balaban J connectivity index is 2.03. The number of amides is 3. The fourth-order valence-electron chi connectivity index (χ4n) is 2.59. The number of rotatable bonds is 5. The zero-order chi connectivity index (χ0) is 18.4. The third-order valence-corrected chi connectivity index (χ3v) is 4.23. The minimum absolute atomic E-state index is 0.0286. The second kappa shape index (κ2) is 8.33. The summed E-state index contributed by atoms with van der Waals surface area (Å²) < 4.78 is 0. The van der Waals surface area contributed by atoms with Gasteiger partial charge in [-0.05, 0) is 37.1 Å². The molecule has 0 bridgehead atoms. The van der Waals surface area contributed by atoms with E-state index in [9.17, 15) is 9.59 Å². The largest absolute Gasteiger partial charge is 0.331 e.